The van der Waals surface area contributed by atoms with Crippen molar-refractivity contribution in [3.8, 4) is 0 Å². The smallest absolute Gasteiger partial charge is 0.412 e. The maximum Gasteiger partial charge on any atom is 0.412 e. The molecule has 0 radical (unpaired) electrons. The SMILES string of the molecule is CCc1cc(F)ccc1C(C)(C)C(OC)c1ccc(NC(=O)OC(C)(C)C)cn1. The number of halogens is 1. The van der Waals surface area contributed by atoms with E-state index < -0.39 is 17.1 Å². The van der Waals surface area contributed by atoms with Crippen molar-refractivity contribution in [3.63, 3.8) is 0 Å². The van der Waals surface area contributed by atoms with Crippen LogP contribution in [0.4, 0.5) is 14.9 Å². The monoisotopic (exact) mass is 402 g/mol. The topological polar surface area (TPSA) is 60.5 Å². The molecule has 158 valence electrons. The fourth-order valence-corrected chi connectivity index (χ4v) is 3.47. The molecule has 1 unspecified atom stereocenters. The van der Waals surface area contributed by atoms with Gasteiger partial charge in [-0.3, -0.25) is 10.3 Å². The van der Waals surface area contributed by atoms with Crippen molar-refractivity contribution in [2.45, 2.75) is 65.1 Å². The summed E-state index contributed by atoms with van der Waals surface area (Å²) >= 11 is 0. The summed E-state index contributed by atoms with van der Waals surface area (Å²) in [6, 6.07) is 8.45. The third-order valence-electron chi connectivity index (χ3n) is 4.73. The van der Waals surface area contributed by atoms with Crippen LogP contribution in [0.5, 0.6) is 0 Å². The normalized spacial score (nSPS) is 13.1. The van der Waals surface area contributed by atoms with Gasteiger partial charge in [-0.2, -0.15) is 0 Å². The van der Waals surface area contributed by atoms with Crippen LogP contribution in [0.25, 0.3) is 0 Å². The third kappa shape index (κ3) is 5.76. The minimum Gasteiger partial charge on any atom is -0.444 e. The highest BCUT2D eigenvalue weighted by Gasteiger charge is 2.35. The second-order valence-electron chi connectivity index (χ2n) is 8.59. The van der Waals surface area contributed by atoms with Gasteiger partial charge in [-0.1, -0.05) is 26.8 Å². The highest BCUT2D eigenvalue weighted by Crippen LogP contribution is 2.40. The van der Waals surface area contributed by atoms with Crippen LogP contribution >= 0.6 is 0 Å². The molecule has 5 nitrogen and oxygen atoms in total. The quantitative estimate of drug-likeness (QED) is 0.664. The molecule has 2 aromatic rings. The second-order valence-corrected chi connectivity index (χ2v) is 8.59. The Morgan fingerprint density at radius 1 is 1.17 bits per heavy atom. The first-order valence-electron chi connectivity index (χ1n) is 9.75. The van der Waals surface area contributed by atoms with Gasteiger partial charge in [-0.05, 0) is 62.6 Å². The number of hydrogen-bond donors (Lipinski definition) is 1. The number of aryl methyl sites for hydroxylation is 1. The van der Waals surface area contributed by atoms with E-state index in [9.17, 15) is 9.18 Å². The molecule has 0 saturated carbocycles. The molecule has 0 fully saturated rings. The Morgan fingerprint density at radius 3 is 2.38 bits per heavy atom. The Bertz CT molecular complexity index is 842. The van der Waals surface area contributed by atoms with Gasteiger partial charge in [0, 0.05) is 12.5 Å². The van der Waals surface area contributed by atoms with E-state index in [4.69, 9.17) is 9.47 Å². The lowest BCUT2D eigenvalue weighted by Gasteiger charge is -2.35. The number of carbonyl (C=O) groups is 1. The fourth-order valence-electron chi connectivity index (χ4n) is 3.47. The molecule has 1 N–H and O–H groups in total. The van der Waals surface area contributed by atoms with Crippen LogP contribution in [0.1, 0.15) is 64.5 Å². The molecule has 0 saturated heterocycles. The van der Waals surface area contributed by atoms with Crippen molar-refractivity contribution < 1.29 is 18.7 Å². The van der Waals surface area contributed by atoms with Crippen molar-refractivity contribution in [2.75, 3.05) is 12.4 Å². The van der Waals surface area contributed by atoms with Crippen molar-refractivity contribution in [2.24, 2.45) is 0 Å². The molecule has 0 aliphatic rings. The Balaban J connectivity index is 2.26. The summed E-state index contributed by atoms with van der Waals surface area (Å²) in [6.45, 7) is 11.5. The second kappa shape index (κ2) is 8.91. The highest BCUT2D eigenvalue weighted by molar-refractivity contribution is 5.84. The first kappa shape index (κ1) is 22.8. The lowest BCUT2D eigenvalue weighted by atomic mass is 9.75. The van der Waals surface area contributed by atoms with Crippen LogP contribution in [0.2, 0.25) is 0 Å². The number of methoxy groups -OCH3 is 1. The minimum absolute atomic E-state index is 0.244. The van der Waals surface area contributed by atoms with E-state index in [1.165, 1.54) is 6.07 Å². The number of carbonyl (C=O) groups excluding carboxylic acids is 1. The van der Waals surface area contributed by atoms with Gasteiger partial charge in [0.15, 0.2) is 0 Å². The number of rotatable bonds is 6. The zero-order valence-electron chi connectivity index (χ0n) is 18.3. The molecule has 0 bridgehead atoms. The Morgan fingerprint density at radius 2 is 1.86 bits per heavy atom. The van der Waals surface area contributed by atoms with Gasteiger partial charge in [-0.25, -0.2) is 9.18 Å². The summed E-state index contributed by atoms with van der Waals surface area (Å²) in [5.41, 5.74) is 2.20. The molecule has 0 aliphatic heterocycles. The average Bonchev–Trinajstić information content (AvgIpc) is 2.61. The Labute approximate surface area is 172 Å². The number of pyridine rings is 1. The first-order valence-corrected chi connectivity index (χ1v) is 9.75. The van der Waals surface area contributed by atoms with Crippen LogP contribution in [-0.4, -0.2) is 23.8 Å². The van der Waals surface area contributed by atoms with Gasteiger partial charge in [0.2, 0.25) is 0 Å². The van der Waals surface area contributed by atoms with Gasteiger partial charge in [0.25, 0.3) is 0 Å². The molecule has 1 heterocycles. The zero-order chi connectivity index (χ0) is 21.8. The lowest BCUT2D eigenvalue weighted by Crippen LogP contribution is -2.30. The molecule has 29 heavy (non-hydrogen) atoms. The minimum atomic E-state index is -0.575. The summed E-state index contributed by atoms with van der Waals surface area (Å²) in [4.78, 5) is 16.4. The van der Waals surface area contributed by atoms with Gasteiger partial charge in [0.1, 0.15) is 17.5 Å². The van der Waals surface area contributed by atoms with Crippen molar-refractivity contribution in [1.82, 2.24) is 4.98 Å². The lowest BCUT2D eigenvalue weighted by molar-refractivity contribution is 0.0411. The number of anilines is 1. The van der Waals surface area contributed by atoms with Crippen molar-refractivity contribution in [3.05, 3.63) is 59.2 Å². The Hall–Kier alpha value is -2.47. The van der Waals surface area contributed by atoms with E-state index in [2.05, 4.69) is 24.1 Å². The highest BCUT2D eigenvalue weighted by atomic mass is 19.1. The van der Waals surface area contributed by atoms with E-state index in [0.717, 1.165) is 23.2 Å². The van der Waals surface area contributed by atoms with E-state index >= 15 is 0 Å². The van der Waals surface area contributed by atoms with Crippen molar-refractivity contribution >= 4 is 11.8 Å². The van der Waals surface area contributed by atoms with Gasteiger partial charge in [0.05, 0.1) is 17.6 Å². The molecule has 1 atom stereocenters. The molecule has 0 spiro atoms. The predicted molar refractivity (Wildman–Crippen MR) is 113 cm³/mol. The molecule has 1 aromatic heterocycles. The maximum absolute atomic E-state index is 13.7. The molecule has 0 aliphatic carbocycles. The fraction of sp³-hybridized carbons (Fsp3) is 0.478. The number of aromatic nitrogens is 1. The number of amides is 1. The van der Waals surface area contributed by atoms with Crippen LogP contribution in [0, 0.1) is 5.82 Å². The van der Waals surface area contributed by atoms with E-state index in [0.29, 0.717) is 5.69 Å². The number of ether oxygens (including phenoxy) is 2. The van der Waals surface area contributed by atoms with Gasteiger partial charge >= 0.3 is 6.09 Å². The summed E-state index contributed by atoms with van der Waals surface area (Å²) in [5.74, 6) is -0.244. The number of hydrogen-bond acceptors (Lipinski definition) is 4. The van der Waals surface area contributed by atoms with Crippen LogP contribution in [0.3, 0.4) is 0 Å². The Kier molecular flexibility index (Phi) is 7.01. The predicted octanol–water partition coefficient (Wildman–Crippen LogP) is 5.80. The first-order chi connectivity index (χ1) is 13.5. The largest absolute Gasteiger partial charge is 0.444 e. The number of nitrogens with one attached hydrogen (secondary N) is 1. The molecule has 1 amide bonds. The van der Waals surface area contributed by atoms with Crippen LogP contribution < -0.4 is 5.32 Å². The molecule has 6 heteroatoms. The van der Waals surface area contributed by atoms with Gasteiger partial charge < -0.3 is 9.47 Å². The molecule has 1 aromatic carbocycles. The number of nitrogens with zero attached hydrogens (tertiary/aromatic N) is 1. The molecular formula is C23H31FN2O3. The van der Waals surface area contributed by atoms with Crippen molar-refractivity contribution in [1.29, 1.82) is 0 Å². The van der Waals surface area contributed by atoms with E-state index in [-0.39, 0.29) is 11.9 Å². The summed E-state index contributed by atoms with van der Waals surface area (Å²) < 4.78 is 24.7. The standard InChI is InChI=1S/C23H31FN2O3/c1-8-15-13-16(24)9-11-18(15)23(5,6)20(28-7)19-12-10-17(14-25-19)26-21(27)29-22(2,3)4/h9-14,20H,8H2,1-7H3,(H,26,27). The average molecular weight is 403 g/mol. The molecule has 2 rings (SSSR count). The van der Waals surface area contributed by atoms with E-state index in [1.807, 2.05) is 19.1 Å². The third-order valence-corrected chi connectivity index (χ3v) is 4.73. The maximum atomic E-state index is 13.7. The van der Waals surface area contributed by atoms with Crippen LogP contribution in [0.15, 0.2) is 36.5 Å². The van der Waals surface area contributed by atoms with E-state index in [1.54, 1.807) is 46.2 Å². The van der Waals surface area contributed by atoms with Gasteiger partial charge in [-0.15, -0.1) is 0 Å². The molecular weight excluding hydrogens is 371 g/mol. The summed E-state index contributed by atoms with van der Waals surface area (Å²) in [7, 11) is 1.64. The summed E-state index contributed by atoms with van der Waals surface area (Å²) in [6.07, 6.45) is 1.41. The van der Waals surface area contributed by atoms with Crippen LogP contribution in [-0.2, 0) is 21.3 Å². The summed E-state index contributed by atoms with van der Waals surface area (Å²) in [5, 5.41) is 2.67. The zero-order valence-corrected chi connectivity index (χ0v) is 18.3. The number of benzene rings is 1.